The summed E-state index contributed by atoms with van der Waals surface area (Å²) in [6, 6.07) is 13.3. The molecule has 3 aromatic rings. The van der Waals surface area contributed by atoms with Crippen LogP contribution in [0.5, 0.6) is 5.75 Å². The Morgan fingerprint density at radius 1 is 1.16 bits per heavy atom. The molecule has 96 valence electrons. The zero-order valence-corrected chi connectivity index (χ0v) is 10.6. The minimum Gasteiger partial charge on any atom is -0.489 e. The van der Waals surface area contributed by atoms with Gasteiger partial charge in [0.1, 0.15) is 17.9 Å². The Labute approximate surface area is 110 Å². The van der Waals surface area contributed by atoms with Gasteiger partial charge in [-0.15, -0.1) is 0 Å². The highest BCUT2D eigenvalue weighted by atomic mass is 16.5. The van der Waals surface area contributed by atoms with Crippen LogP contribution in [0.25, 0.3) is 11.1 Å². The molecule has 1 heterocycles. The number of aromatic nitrogens is 1. The standard InChI is InChI=1S/C15H14N2O2/c1-10-17-14-7-6-13(8-15(14)19-10)18-9-11-2-4-12(16)5-3-11/h2-8H,9,16H2,1H3. The summed E-state index contributed by atoms with van der Waals surface area (Å²) in [7, 11) is 0. The van der Waals surface area contributed by atoms with Crippen LogP contribution in [0.15, 0.2) is 46.9 Å². The van der Waals surface area contributed by atoms with Crippen molar-refractivity contribution in [2.45, 2.75) is 13.5 Å². The van der Waals surface area contributed by atoms with E-state index in [2.05, 4.69) is 4.98 Å². The van der Waals surface area contributed by atoms with Crippen molar-refractivity contribution in [3.05, 3.63) is 53.9 Å². The number of oxazole rings is 1. The van der Waals surface area contributed by atoms with Gasteiger partial charge in [0.05, 0.1) is 0 Å². The van der Waals surface area contributed by atoms with Gasteiger partial charge in [-0.1, -0.05) is 12.1 Å². The molecular weight excluding hydrogens is 240 g/mol. The van der Waals surface area contributed by atoms with Gasteiger partial charge in [-0.3, -0.25) is 0 Å². The Morgan fingerprint density at radius 2 is 1.95 bits per heavy atom. The van der Waals surface area contributed by atoms with E-state index < -0.39 is 0 Å². The maximum atomic E-state index is 5.72. The summed E-state index contributed by atoms with van der Waals surface area (Å²) in [4.78, 5) is 4.25. The number of fused-ring (bicyclic) bond motifs is 1. The second kappa shape index (κ2) is 4.65. The molecule has 0 atom stereocenters. The highest BCUT2D eigenvalue weighted by Crippen LogP contribution is 2.22. The van der Waals surface area contributed by atoms with Gasteiger partial charge in [0, 0.05) is 18.7 Å². The van der Waals surface area contributed by atoms with Crippen LogP contribution in [0.1, 0.15) is 11.5 Å². The van der Waals surface area contributed by atoms with Crippen molar-refractivity contribution in [1.29, 1.82) is 0 Å². The van der Waals surface area contributed by atoms with Gasteiger partial charge in [0.2, 0.25) is 0 Å². The first-order chi connectivity index (χ1) is 9.20. The third-order valence-electron chi connectivity index (χ3n) is 2.85. The first kappa shape index (κ1) is 11.6. The summed E-state index contributed by atoms with van der Waals surface area (Å²) >= 11 is 0. The largest absolute Gasteiger partial charge is 0.489 e. The molecule has 3 rings (SSSR count). The molecule has 0 spiro atoms. The Balaban J connectivity index is 1.75. The number of hydrogen-bond donors (Lipinski definition) is 1. The Bertz CT molecular complexity index is 702. The summed E-state index contributed by atoms with van der Waals surface area (Å²) < 4.78 is 11.2. The van der Waals surface area contributed by atoms with Crippen molar-refractivity contribution in [3.8, 4) is 5.75 Å². The SMILES string of the molecule is Cc1nc2ccc(OCc3ccc(N)cc3)cc2o1. The van der Waals surface area contributed by atoms with E-state index in [9.17, 15) is 0 Å². The van der Waals surface area contributed by atoms with Gasteiger partial charge in [0.25, 0.3) is 0 Å². The highest BCUT2D eigenvalue weighted by Gasteiger charge is 2.04. The predicted molar refractivity (Wildman–Crippen MR) is 73.9 cm³/mol. The molecule has 0 aliphatic carbocycles. The topological polar surface area (TPSA) is 61.3 Å². The molecular formula is C15H14N2O2. The molecule has 0 radical (unpaired) electrons. The van der Waals surface area contributed by atoms with E-state index in [4.69, 9.17) is 14.9 Å². The fraction of sp³-hybridized carbons (Fsp3) is 0.133. The minimum atomic E-state index is 0.499. The molecule has 0 amide bonds. The van der Waals surface area contributed by atoms with Gasteiger partial charge in [-0.25, -0.2) is 4.98 Å². The Hall–Kier alpha value is -2.49. The molecule has 0 saturated heterocycles. The van der Waals surface area contributed by atoms with Gasteiger partial charge in [0.15, 0.2) is 11.5 Å². The van der Waals surface area contributed by atoms with Crippen LogP contribution in [0, 0.1) is 6.92 Å². The number of rotatable bonds is 3. The molecule has 4 heteroatoms. The highest BCUT2D eigenvalue weighted by molar-refractivity contribution is 5.74. The zero-order chi connectivity index (χ0) is 13.2. The maximum Gasteiger partial charge on any atom is 0.192 e. The average Bonchev–Trinajstić information content (AvgIpc) is 2.77. The van der Waals surface area contributed by atoms with Crippen molar-refractivity contribution in [1.82, 2.24) is 4.98 Å². The Morgan fingerprint density at radius 3 is 2.74 bits per heavy atom. The lowest BCUT2D eigenvalue weighted by atomic mass is 10.2. The lowest BCUT2D eigenvalue weighted by molar-refractivity contribution is 0.306. The number of aryl methyl sites for hydroxylation is 1. The quantitative estimate of drug-likeness (QED) is 0.728. The number of anilines is 1. The second-order valence-corrected chi connectivity index (χ2v) is 4.39. The first-order valence-corrected chi connectivity index (χ1v) is 6.05. The number of nitrogens with two attached hydrogens (primary N) is 1. The molecule has 0 saturated carbocycles. The van der Waals surface area contributed by atoms with Crippen molar-refractivity contribution in [2.75, 3.05) is 5.73 Å². The maximum absolute atomic E-state index is 5.72. The first-order valence-electron chi connectivity index (χ1n) is 6.05. The molecule has 0 aliphatic rings. The van der Waals surface area contributed by atoms with E-state index in [1.54, 1.807) is 0 Å². The van der Waals surface area contributed by atoms with E-state index in [1.807, 2.05) is 49.4 Å². The van der Waals surface area contributed by atoms with E-state index in [-0.39, 0.29) is 0 Å². The minimum absolute atomic E-state index is 0.499. The fourth-order valence-corrected chi connectivity index (χ4v) is 1.89. The van der Waals surface area contributed by atoms with Crippen molar-refractivity contribution in [2.24, 2.45) is 0 Å². The van der Waals surface area contributed by atoms with Gasteiger partial charge < -0.3 is 14.9 Å². The second-order valence-electron chi connectivity index (χ2n) is 4.39. The fourth-order valence-electron chi connectivity index (χ4n) is 1.89. The molecule has 2 aromatic carbocycles. The smallest absolute Gasteiger partial charge is 0.192 e. The van der Waals surface area contributed by atoms with Crippen molar-refractivity contribution in [3.63, 3.8) is 0 Å². The van der Waals surface area contributed by atoms with Crippen LogP contribution in [0.4, 0.5) is 5.69 Å². The van der Waals surface area contributed by atoms with Crippen molar-refractivity contribution < 1.29 is 9.15 Å². The number of ether oxygens (including phenoxy) is 1. The van der Waals surface area contributed by atoms with Crippen LogP contribution < -0.4 is 10.5 Å². The van der Waals surface area contributed by atoms with Gasteiger partial charge in [-0.2, -0.15) is 0 Å². The third-order valence-corrected chi connectivity index (χ3v) is 2.85. The van der Waals surface area contributed by atoms with E-state index in [0.29, 0.717) is 12.5 Å². The lowest BCUT2D eigenvalue weighted by Crippen LogP contribution is -1.95. The number of hydrogen-bond acceptors (Lipinski definition) is 4. The third kappa shape index (κ3) is 2.52. The van der Waals surface area contributed by atoms with Crippen LogP contribution in [0.2, 0.25) is 0 Å². The molecule has 0 aliphatic heterocycles. The summed E-state index contributed by atoms with van der Waals surface area (Å²) in [6.07, 6.45) is 0. The molecule has 19 heavy (non-hydrogen) atoms. The van der Waals surface area contributed by atoms with Gasteiger partial charge >= 0.3 is 0 Å². The lowest BCUT2D eigenvalue weighted by Gasteiger charge is -2.06. The van der Waals surface area contributed by atoms with Crippen LogP contribution in [0.3, 0.4) is 0 Å². The molecule has 0 unspecified atom stereocenters. The monoisotopic (exact) mass is 254 g/mol. The molecule has 2 N–H and O–H groups in total. The number of benzene rings is 2. The molecule has 4 nitrogen and oxygen atoms in total. The number of nitrogen functional groups attached to an aromatic ring is 1. The average molecular weight is 254 g/mol. The number of nitrogens with zero attached hydrogens (tertiary/aromatic N) is 1. The molecule has 0 fully saturated rings. The van der Waals surface area contributed by atoms with E-state index in [0.717, 1.165) is 28.1 Å². The zero-order valence-electron chi connectivity index (χ0n) is 10.6. The van der Waals surface area contributed by atoms with Crippen LogP contribution >= 0.6 is 0 Å². The summed E-state index contributed by atoms with van der Waals surface area (Å²) in [5.41, 5.74) is 9.05. The molecule has 0 bridgehead atoms. The predicted octanol–water partition coefficient (Wildman–Crippen LogP) is 3.30. The summed E-state index contributed by atoms with van der Waals surface area (Å²) in [5.74, 6) is 1.42. The Kier molecular flexibility index (Phi) is 2.83. The normalized spacial score (nSPS) is 10.8. The van der Waals surface area contributed by atoms with Crippen molar-refractivity contribution >= 4 is 16.8 Å². The van der Waals surface area contributed by atoms with E-state index >= 15 is 0 Å². The molecule has 1 aromatic heterocycles. The van der Waals surface area contributed by atoms with Crippen LogP contribution in [-0.2, 0) is 6.61 Å². The summed E-state index contributed by atoms with van der Waals surface area (Å²) in [6.45, 7) is 2.33. The van der Waals surface area contributed by atoms with Crippen LogP contribution in [-0.4, -0.2) is 4.98 Å². The van der Waals surface area contributed by atoms with Gasteiger partial charge in [-0.05, 0) is 29.8 Å². The summed E-state index contributed by atoms with van der Waals surface area (Å²) in [5, 5.41) is 0. The van der Waals surface area contributed by atoms with E-state index in [1.165, 1.54) is 0 Å².